The Morgan fingerprint density at radius 1 is 1.42 bits per heavy atom. The van der Waals surface area contributed by atoms with Crippen LogP contribution in [0, 0.1) is 0 Å². The molecule has 1 aromatic heterocycles. The van der Waals surface area contributed by atoms with Crippen LogP contribution in [0.15, 0.2) is 16.9 Å². The predicted molar refractivity (Wildman–Crippen MR) is 55.5 cm³/mol. The van der Waals surface area contributed by atoms with Gasteiger partial charge in [-0.2, -0.15) is 0 Å². The average Bonchev–Trinajstić information content (AvgIpc) is 2.57. The van der Waals surface area contributed by atoms with Crippen molar-refractivity contribution in [1.29, 1.82) is 0 Å². The number of aromatic nitrogens is 1. The van der Waals surface area contributed by atoms with Gasteiger partial charge in [-0.05, 0) is 27.9 Å². The number of nitrogens with one attached hydrogen (secondary N) is 1. The van der Waals surface area contributed by atoms with Gasteiger partial charge in [0.05, 0.1) is 11.9 Å². The van der Waals surface area contributed by atoms with E-state index in [1.165, 1.54) is 11.3 Å². The minimum Gasteiger partial charge on any atom is -0.383 e. The van der Waals surface area contributed by atoms with Crippen LogP contribution in [-0.2, 0) is 6.42 Å². The Kier molecular flexibility index (Phi) is 3.53. The normalized spacial score (nSPS) is 12.6. The first-order valence-electron chi connectivity index (χ1n) is 4.24. The van der Waals surface area contributed by atoms with Gasteiger partial charge in [-0.1, -0.05) is 13.8 Å². The van der Waals surface area contributed by atoms with Crippen molar-refractivity contribution in [3.8, 4) is 0 Å². The molecule has 1 aliphatic rings. The van der Waals surface area contributed by atoms with Crippen LogP contribution in [0.2, 0.25) is 0 Å². The standard InChI is InChI=1S/C7H7BrN2.C2H6/c8-6-3-9-4-7-5(6)1-2-10-7;1-2/h3-4,10H,1-2H2;1-2H3. The summed E-state index contributed by atoms with van der Waals surface area (Å²) in [7, 11) is 0. The van der Waals surface area contributed by atoms with E-state index in [4.69, 9.17) is 0 Å². The highest BCUT2D eigenvalue weighted by Crippen LogP contribution is 2.27. The number of hydrogen-bond acceptors (Lipinski definition) is 2. The second-order valence-corrected chi connectivity index (χ2v) is 3.18. The minimum absolute atomic E-state index is 1.04. The fourth-order valence-electron chi connectivity index (χ4n) is 1.19. The van der Waals surface area contributed by atoms with Crippen molar-refractivity contribution in [1.82, 2.24) is 4.98 Å². The molecule has 0 spiro atoms. The van der Waals surface area contributed by atoms with E-state index >= 15 is 0 Å². The van der Waals surface area contributed by atoms with Gasteiger partial charge < -0.3 is 5.32 Å². The van der Waals surface area contributed by atoms with Gasteiger partial charge in [0.1, 0.15) is 0 Å². The van der Waals surface area contributed by atoms with E-state index < -0.39 is 0 Å². The molecule has 0 amide bonds. The van der Waals surface area contributed by atoms with E-state index in [0.29, 0.717) is 0 Å². The highest BCUT2D eigenvalue weighted by molar-refractivity contribution is 9.10. The van der Waals surface area contributed by atoms with E-state index in [2.05, 4.69) is 26.2 Å². The maximum atomic E-state index is 4.05. The summed E-state index contributed by atoms with van der Waals surface area (Å²) in [5, 5.41) is 3.25. The summed E-state index contributed by atoms with van der Waals surface area (Å²) < 4.78 is 1.12. The molecule has 2 heterocycles. The topological polar surface area (TPSA) is 24.9 Å². The largest absolute Gasteiger partial charge is 0.383 e. The molecule has 0 fully saturated rings. The first-order chi connectivity index (χ1) is 5.88. The number of hydrogen-bond donors (Lipinski definition) is 1. The highest BCUT2D eigenvalue weighted by atomic mass is 79.9. The minimum atomic E-state index is 1.04. The molecule has 2 nitrogen and oxygen atoms in total. The van der Waals surface area contributed by atoms with Gasteiger partial charge in [0, 0.05) is 17.2 Å². The third-order valence-corrected chi connectivity index (χ3v) is 2.38. The molecule has 0 saturated carbocycles. The molecule has 0 unspecified atom stereocenters. The molecule has 0 radical (unpaired) electrons. The molecule has 1 aromatic rings. The molecule has 0 aromatic carbocycles. The maximum Gasteiger partial charge on any atom is 0.0571 e. The Morgan fingerprint density at radius 2 is 2.17 bits per heavy atom. The molecule has 0 bridgehead atoms. The van der Waals surface area contributed by atoms with Gasteiger partial charge >= 0.3 is 0 Å². The monoisotopic (exact) mass is 228 g/mol. The summed E-state index contributed by atoms with van der Waals surface area (Å²) in [6.45, 7) is 5.04. The predicted octanol–water partition coefficient (Wildman–Crippen LogP) is 2.84. The van der Waals surface area contributed by atoms with Gasteiger partial charge in [-0.25, -0.2) is 0 Å². The molecular formula is C9H13BrN2. The first-order valence-corrected chi connectivity index (χ1v) is 5.03. The first kappa shape index (κ1) is 9.52. The average molecular weight is 229 g/mol. The van der Waals surface area contributed by atoms with Crippen molar-refractivity contribution < 1.29 is 0 Å². The quantitative estimate of drug-likeness (QED) is 0.739. The number of nitrogens with zero attached hydrogens (tertiary/aromatic N) is 1. The van der Waals surface area contributed by atoms with E-state index in [-0.39, 0.29) is 0 Å². The van der Waals surface area contributed by atoms with Gasteiger partial charge in [-0.3, -0.25) is 4.98 Å². The third kappa shape index (κ3) is 1.78. The lowest BCUT2D eigenvalue weighted by atomic mass is 10.2. The zero-order valence-electron chi connectivity index (χ0n) is 7.39. The van der Waals surface area contributed by atoms with Crippen LogP contribution in [0.3, 0.4) is 0 Å². The van der Waals surface area contributed by atoms with Crippen LogP contribution in [0.1, 0.15) is 19.4 Å². The Morgan fingerprint density at radius 3 is 2.83 bits per heavy atom. The van der Waals surface area contributed by atoms with Crippen LogP contribution in [0.25, 0.3) is 0 Å². The Hall–Kier alpha value is -0.570. The SMILES string of the molecule is Brc1cncc2c1CCN2.CC. The molecule has 2 rings (SSSR count). The number of rotatable bonds is 0. The van der Waals surface area contributed by atoms with Crippen molar-refractivity contribution in [3.63, 3.8) is 0 Å². The van der Waals surface area contributed by atoms with Crippen molar-refractivity contribution in [3.05, 3.63) is 22.4 Å². The summed E-state index contributed by atoms with van der Waals surface area (Å²) in [6.07, 6.45) is 4.82. The van der Waals surface area contributed by atoms with Gasteiger partial charge in [-0.15, -0.1) is 0 Å². The Labute approximate surface area is 81.5 Å². The highest BCUT2D eigenvalue weighted by Gasteiger charge is 2.11. The van der Waals surface area contributed by atoms with Crippen molar-refractivity contribution in [2.45, 2.75) is 20.3 Å². The summed E-state index contributed by atoms with van der Waals surface area (Å²) in [4.78, 5) is 4.05. The Balaban J connectivity index is 0.000000336. The molecule has 3 heteroatoms. The fraction of sp³-hybridized carbons (Fsp3) is 0.444. The van der Waals surface area contributed by atoms with Crippen LogP contribution >= 0.6 is 15.9 Å². The molecular weight excluding hydrogens is 216 g/mol. The lowest BCUT2D eigenvalue weighted by molar-refractivity contribution is 1.10. The van der Waals surface area contributed by atoms with E-state index in [1.807, 2.05) is 26.2 Å². The van der Waals surface area contributed by atoms with E-state index in [1.54, 1.807) is 0 Å². The maximum absolute atomic E-state index is 4.05. The molecule has 0 aliphatic carbocycles. The van der Waals surface area contributed by atoms with Crippen molar-refractivity contribution in [2.75, 3.05) is 11.9 Å². The van der Waals surface area contributed by atoms with Crippen LogP contribution in [-0.4, -0.2) is 11.5 Å². The van der Waals surface area contributed by atoms with E-state index in [0.717, 1.165) is 17.4 Å². The van der Waals surface area contributed by atoms with Crippen LogP contribution in [0.5, 0.6) is 0 Å². The van der Waals surface area contributed by atoms with Crippen molar-refractivity contribution in [2.24, 2.45) is 0 Å². The molecule has 12 heavy (non-hydrogen) atoms. The van der Waals surface area contributed by atoms with Crippen LogP contribution < -0.4 is 5.32 Å². The summed E-state index contributed by atoms with van der Waals surface area (Å²) >= 11 is 3.44. The summed E-state index contributed by atoms with van der Waals surface area (Å²) in [5.74, 6) is 0. The zero-order valence-corrected chi connectivity index (χ0v) is 8.98. The molecule has 66 valence electrons. The molecule has 1 aliphatic heterocycles. The Bertz CT molecular complexity index is 261. The van der Waals surface area contributed by atoms with Gasteiger partial charge in [0.25, 0.3) is 0 Å². The number of pyridine rings is 1. The lowest BCUT2D eigenvalue weighted by Crippen LogP contribution is -1.90. The van der Waals surface area contributed by atoms with Crippen molar-refractivity contribution >= 4 is 21.6 Å². The fourth-order valence-corrected chi connectivity index (χ4v) is 1.72. The smallest absolute Gasteiger partial charge is 0.0571 e. The second-order valence-electron chi connectivity index (χ2n) is 2.32. The second kappa shape index (κ2) is 4.45. The number of halogens is 1. The van der Waals surface area contributed by atoms with Crippen LogP contribution in [0.4, 0.5) is 5.69 Å². The summed E-state index contributed by atoms with van der Waals surface area (Å²) in [6, 6.07) is 0. The van der Waals surface area contributed by atoms with Gasteiger partial charge in [0.15, 0.2) is 0 Å². The third-order valence-electron chi connectivity index (χ3n) is 1.70. The molecule has 0 atom stereocenters. The number of fused-ring (bicyclic) bond motifs is 1. The number of anilines is 1. The molecule has 1 N–H and O–H groups in total. The zero-order chi connectivity index (χ0) is 8.97. The molecule has 0 saturated heterocycles. The van der Waals surface area contributed by atoms with Gasteiger partial charge in [0.2, 0.25) is 0 Å². The lowest BCUT2D eigenvalue weighted by Gasteiger charge is -1.98. The van der Waals surface area contributed by atoms with E-state index in [9.17, 15) is 0 Å². The summed E-state index contributed by atoms with van der Waals surface area (Å²) in [5.41, 5.74) is 2.53.